The highest BCUT2D eigenvalue weighted by atomic mass is 32.3. The summed E-state index contributed by atoms with van der Waals surface area (Å²) in [6.45, 7) is 0. The first kappa shape index (κ1) is 6.74. The van der Waals surface area contributed by atoms with Gasteiger partial charge in [-0.05, 0) is 0 Å². The van der Waals surface area contributed by atoms with E-state index in [0.717, 1.165) is 15.5 Å². The third kappa shape index (κ3) is 1.38. The highest BCUT2D eigenvalue weighted by molar-refractivity contribution is 8.20. The summed E-state index contributed by atoms with van der Waals surface area (Å²) < 4.78 is 1.07. The maximum Gasteiger partial charge on any atom is 0.172 e. The third-order valence-electron chi connectivity index (χ3n) is 1.76. The van der Waals surface area contributed by atoms with Gasteiger partial charge in [0.2, 0.25) is 0 Å². The molecule has 0 aromatic carbocycles. The molecule has 0 aliphatic carbocycles. The highest BCUT2D eigenvalue weighted by Gasteiger charge is 2.38. The van der Waals surface area contributed by atoms with Crippen molar-refractivity contribution >= 4 is 34.4 Å². The summed E-state index contributed by atoms with van der Waals surface area (Å²) in [5.41, 5.74) is 0. The molecule has 2 heterocycles. The fraction of sp³-hybridized carbons (Fsp3) is 1.00. The summed E-state index contributed by atoms with van der Waals surface area (Å²) in [7, 11) is 0.857. The van der Waals surface area contributed by atoms with Crippen molar-refractivity contribution in [1.29, 1.82) is 0 Å². The van der Waals surface area contributed by atoms with Crippen LogP contribution in [0.4, 0.5) is 0 Å². The van der Waals surface area contributed by atoms with Crippen LogP contribution in [0.15, 0.2) is 0 Å². The average molecular weight is 179 g/mol. The number of hydrogen-bond donors (Lipinski definition) is 0. The summed E-state index contributed by atoms with van der Waals surface area (Å²) in [4.78, 5) is 0. The average Bonchev–Trinajstić information content (AvgIpc) is 2.33. The Hall–Kier alpha value is 1.05. The zero-order valence-corrected chi connectivity index (χ0v) is 7.79. The summed E-state index contributed by atoms with van der Waals surface area (Å²) in [6.07, 6.45) is 0. The topological polar surface area (TPSA) is 0 Å². The molecule has 0 bridgehead atoms. The maximum atomic E-state index is 2.22. The number of fused-ring (bicyclic) bond motifs is 1. The molecule has 0 amide bonds. The molecule has 0 aromatic rings. The molecule has 2 fully saturated rings. The molecule has 0 saturated carbocycles. The summed E-state index contributed by atoms with van der Waals surface area (Å²) >= 11 is 4.38. The molecule has 2 unspecified atom stereocenters. The zero-order chi connectivity index (χ0) is 6.10. The third-order valence-corrected chi connectivity index (χ3v) is 8.34. The van der Waals surface area contributed by atoms with Crippen LogP contribution < -0.4 is 0 Å². The van der Waals surface area contributed by atoms with Gasteiger partial charge < -0.3 is 0 Å². The van der Waals surface area contributed by atoms with E-state index >= 15 is 0 Å². The molecule has 2 rings (SSSR count). The fourth-order valence-corrected chi connectivity index (χ4v) is 8.53. The van der Waals surface area contributed by atoms with Gasteiger partial charge in [0.25, 0.3) is 0 Å². The molecule has 0 spiro atoms. The van der Waals surface area contributed by atoms with Crippen molar-refractivity contribution in [2.24, 2.45) is 0 Å². The molecule has 3 heteroatoms. The molecule has 2 aliphatic heterocycles. The molecule has 9 heavy (non-hydrogen) atoms. The van der Waals surface area contributed by atoms with E-state index in [0.29, 0.717) is 0 Å². The lowest BCUT2D eigenvalue weighted by Crippen LogP contribution is -2.26. The van der Waals surface area contributed by atoms with Crippen molar-refractivity contribution in [3.63, 3.8) is 0 Å². The van der Waals surface area contributed by atoms with E-state index in [4.69, 9.17) is 0 Å². The van der Waals surface area contributed by atoms with Gasteiger partial charge in [0.15, 0.2) is 4.58 Å². The first-order valence-corrected chi connectivity index (χ1v) is 7.15. The Bertz CT molecular complexity index is 92.5. The number of thioether (sulfide) groups is 2. The smallest absolute Gasteiger partial charge is 0.151 e. The predicted molar refractivity (Wildman–Crippen MR) is 50.7 cm³/mol. The second-order valence-electron chi connectivity index (χ2n) is 2.32. The largest absolute Gasteiger partial charge is 0.172 e. The standard InChI is InChI=1S/C6H11S3/c1-3-9-4-2-8-6(9)5-7-1/h6H,1-5H2/q+1. The predicted octanol–water partition coefficient (Wildman–Crippen LogP) is 1.42. The summed E-state index contributed by atoms with van der Waals surface area (Å²) in [5, 5.41) is 0. The van der Waals surface area contributed by atoms with Crippen molar-refractivity contribution in [2.75, 3.05) is 28.8 Å². The van der Waals surface area contributed by atoms with Gasteiger partial charge in [-0.1, -0.05) is 11.8 Å². The molecule has 2 atom stereocenters. The SMILES string of the molecule is C1C[S+]2CCSC2CS1. The Kier molecular flexibility index (Phi) is 2.23. The van der Waals surface area contributed by atoms with E-state index in [1.165, 1.54) is 28.8 Å². The quantitative estimate of drug-likeness (QED) is 0.516. The number of hydrogen-bond acceptors (Lipinski definition) is 2. The van der Waals surface area contributed by atoms with Gasteiger partial charge in [-0.2, -0.15) is 11.8 Å². The molecule has 2 saturated heterocycles. The second-order valence-corrected chi connectivity index (χ2v) is 7.54. The minimum absolute atomic E-state index is 0.857. The number of rotatable bonds is 0. The van der Waals surface area contributed by atoms with Gasteiger partial charge in [-0.25, -0.2) is 0 Å². The van der Waals surface area contributed by atoms with Crippen LogP contribution in [0.3, 0.4) is 0 Å². The minimum Gasteiger partial charge on any atom is -0.151 e. The first-order chi connectivity index (χ1) is 4.47. The molecule has 0 aromatic heterocycles. The molecular formula is C6H11S3+. The van der Waals surface area contributed by atoms with Crippen LogP contribution in [-0.4, -0.2) is 33.3 Å². The summed E-state index contributed by atoms with van der Waals surface area (Å²) in [5.74, 6) is 7.42. The Morgan fingerprint density at radius 2 is 2.11 bits per heavy atom. The molecule has 0 N–H and O–H groups in total. The van der Waals surface area contributed by atoms with Crippen molar-refractivity contribution in [3.05, 3.63) is 0 Å². The van der Waals surface area contributed by atoms with Crippen LogP contribution in [0.25, 0.3) is 0 Å². The molecule has 0 nitrogen and oxygen atoms in total. The van der Waals surface area contributed by atoms with Crippen LogP contribution in [0.5, 0.6) is 0 Å². The van der Waals surface area contributed by atoms with Gasteiger partial charge in [0, 0.05) is 22.4 Å². The lowest BCUT2D eigenvalue weighted by molar-refractivity contribution is 1.35. The maximum absolute atomic E-state index is 2.22. The lowest BCUT2D eigenvalue weighted by atomic mass is 10.9. The monoisotopic (exact) mass is 179 g/mol. The van der Waals surface area contributed by atoms with E-state index in [-0.39, 0.29) is 0 Å². The minimum atomic E-state index is 0.857. The van der Waals surface area contributed by atoms with E-state index < -0.39 is 0 Å². The van der Waals surface area contributed by atoms with E-state index in [1.807, 2.05) is 0 Å². The molecule has 2 aliphatic rings. The van der Waals surface area contributed by atoms with Crippen LogP contribution in [0, 0.1) is 0 Å². The Morgan fingerprint density at radius 3 is 3.00 bits per heavy atom. The van der Waals surface area contributed by atoms with Crippen molar-refractivity contribution < 1.29 is 0 Å². The van der Waals surface area contributed by atoms with Gasteiger partial charge >= 0.3 is 0 Å². The van der Waals surface area contributed by atoms with Gasteiger partial charge in [0.1, 0.15) is 11.5 Å². The van der Waals surface area contributed by atoms with E-state index in [1.54, 1.807) is 0 Å². The van der Waals surface area contributed by atoms with E-state index in [9.17, 15) is 0 Å². The zero-order valence-electron chi connectivity index (χ0n) is 5.34. The van der Waals surface area contributed by atoms with Crippen LogP contribution in [0.2, 0.25) is 0 Å². The van der Waals surface area contributed by atoms with Gasteiger partial charge in [-0.15, -0.1) is 0 Å². The molecule has 0 radical (unpaired) electrons. The normalized spacial score (nSPS) is 42.7. The van der Waals surface area contributed by atoms with Crippen molar-refractivity contribution in [3.8, 4) is 0 Å². The van der Waals surface area contributed by atoms with Crippen LogP contribution in [0.1, 0.15) is 0 Å². The Balaban J connectivity index is 1.97. The summed E-state index contributed by atoms with van der Waals surface area (Å²) in [6, 6.07) is 0. The Labute approximate surface area is 67.9 Å². The van der Waals surface area contributed by atoms with Crippen molar-refractivity contribution in [1.82, 2.24) is 0 Å². The second kappa shape index (κ2) is 2.97. The van der Waals surface area contributed by atoms with Gasteiger partial charge in [-0.3, -0.25) is 0 Å². The first-order valence-electron chi connectivity index (χ1n) is 3.32. The fourth-order valence-electron chi connectivity index (χ4n) is 1.24. The molecule has 52 valence electrons. The van der Waals surface area contributed by atoms with Gasteiger partial charge in [0.05, 0.1) is 5.75 Å². The highest BCUT2D eigenvalue weighted by Crippen LogP contribution is 2.34. The van der Waals surface area contributed by atoms with Crippen LogP contribution >= 0.6 is 23.5 Å². The Morgan fingerprint density at radius 1 is 1.22 bits per heavy atom. The van der Waals surface area contributed by atoms with Crippen molar-refractivity contribution in [2.45, 2.75) is 4.58 Å². The molecular weight excluding hydrogens is 168 g/mol. The lowest BCUT2D eigenvalue weighted by Gasteiger charge is -2.14. The van der Waals surface area contributed by atoms with E-state index in [2.05, 4.69) is 23.5 Å². The van der Waals surface area contributed by atoms with Crippen LogP contribution in [-0.2, 0) is 10.9 Å².